The maximum atomic E-state index is 13.6. The van der Waals surface area contributed by atoms with Crippen LogP contribution in [0.25, 0.3) is 0 Å². The summed E-state index contributed by atoms with van der Waals surface area (Å²) in [6.45, 7) is 0. The molecule has 2 N–H and O–H groups in total. The maximum Gasteiger partial charge on any atom is 0.162 e. The highest BCUT2D eigenvalue weighted by atomic mass is 19.2. The van der Waals surface area contributed by atoms with E-state index in [9.17, 15) is 13.2 Å². The monoisotopic (exact) mass is 281 g/mol. The van der Waals surface area contributed by atoms with Crippen LogP contribution in [0.1, 0.15) is 17.2 Å². The third-order valence-electron chi connectivity index (χ3n) is 3.06. The number of nitrogens with two attached hydrogens (primary N) is 1. The third-order valence-corrected chi connectivity index (χ3v) is 3.06. The second-order valence-electron chi connectivity index (χ2n) is 4.41. The fraction of sp³-hybridized carbons (Fsp3) is 0.200. The molecule has 2 aromatic carbocycles. The minimum absolute atomic E-state index is 0.0450. The topological polar surface area (TPSA) is 35.2 Å². The second-order valence-corrected chi connectivity index (χ2v) is 4.41. The molecule has 0 aliphatic carbocycles. The van der Waals surface area contributed by atoms with Crippen molar-refractivity contribution in [2.75, 3.05) is 7.11 Å². The van der Waals surface area contributed by atoms with Gasteiger partial charge in [-0.25, -0.2) is 13.2 Å². The highest BCUT2D eigenvalue weighted by Crippen LogP contribution is 2.27. The number of hydrogen-bond donors (Lipinski definition) is 1. The van der Waals surface area contributed by atoms with Crippen LogP contribution in [-0.2, 0) is 6.42 Å². The summed E-state index contributed by atoms with van der Waals surface area (Å²) in [5.74, 6) is -1.91. The van der Waals surface area contributed by atoms with E-state index in [1.54, 1.807) is 0 Å². The van der Waals surface area contributed by atoms with Gasteiger partial charge in [-0.15, -0.1) is 0 Å². The predicted molar refractivity (Wildman–Crippen MR) is 69.9 cm³/mol. The highest BCUT2D eigenvalue weighted by Gasteiger charge is 2.17. The van der Waals surface area contributed by atoms with Crippen molar-refractivity contribution in [2.45, 2.75) is 12.5 Å². The fourth-order valence-corrected chi connectivity index (χ4v) is 2.05. The molecule has 106 valence electrons. The van der Waals surface area contributed by atoms with Gasteiger partial charge in [0, 0.05) is 11.6 Å². The lowest BCUT2D eigenvalue weighted by atomic mass is 9.98. The molecule has 2 rings (SSSR count). The molecule has 1 atom stereocenters. The molecule has 0 bridgehead atoms. The minimum Gasteiger partial charge on any atom is -0.496 e. The Morgan fingerprint density at radius 1 is 1.15 bits per heavy atom. The summed E-state index contributed by atoms with van der Waals surface area (Å²) in [6.07, 6.45) is 0.0450. The van der Waals surface area contributed by atoms with Crippen LogP contribution < -0.4 is 10.5 Å². The highest BCUT2D eigenvalue weighted by molar-refractivity contribution is 5.37. The van der Waals surface area contributed by atoms with E-state index in [0.29, 0.717) is 11.3 Å². The van der Waals surface area contributed by atoms with Gasteiger partial charge in [0.25, 0.3) is 0 Å². The Morgan fingerprint density at radius 3 is 2.60 bits per heavy atom. The van der Waals surface area contributed by atoms with Crippen molar-refractivity contribution in [1.29, 1.82) is 0 Å². The molecule has 0 fully saturated rings. The van der Waals surface area contributed by atoms with Crippen molar-refractivity contribution < 1.29 is 17.9 Å². The van der Waals surface area contributed by atoms with Gasteiger partial charge >= 0.3 is 0 Å². The van der Waals surface area contributed by atoms with Gasteiger partial charge < -0.3 is 10.5 Å². The van der Waals surface area contributed by atoms with Crippen LogP contribution in [0.4, 0.5) is 13.2 Å². The SMILES string of the molecule is COc1ccc(F)cc1C(N)Cc1cccc(F)c1F. The van der Waals surface area contributed by atoms with Crippen LogP contribution in [-0.4, -0.2) is 7.11 Å². The van der Waals surface area contributed by atoms with Crippen molar-refractivity contribution in [3.8, 4) is 5.75 Å². The Kier molecular flexibility index (Phi) is 4.29. The summed E-state index contributed by atoms with van der Waals surface area (Å²) in [4.78, 5) is 0. The van der Waals surface area contributed by atoms with Gasteiger partial charge in [0.1, 0.15) is 11.6 Å². The summed E-state index contributed by atoms with van der Waals surface area (Å²) >= 11 is 0. The van der Waals surface area contributed by atoms with Crippen molar-refractivity contribution in [2.24, 2.45) is 5.73 Å². The molecular formula is C15H14F3NO. The molecular weight excluding hydrogens is 267 g/mol. The first-order chi connectivity index (χ1) is 9.52. The minimum atomic E-state index is -0.932. The number of ether oxygens (including phenoxy) is 1. The Labute approximate surface area is 115 Å². The lowest BCUT2D eigenvalue weighted by Crippen LogP contribution is -2.16. The summed E-state index contributed by atoms with van der Waals surface area (Å²) in [6, 6.07) is 7.13. The van der Waals surface area contributed by atoms with E-state index in [-0.39, 0.29) is 12.0 Å². The molecule has 0 saturated heterocycles. The molecule has 0 radical (unpaired) electrons. The van der Waals surface area contributed by atoms with Gasteiger partial charge in [0.2, 0.25) is 0 Å². The van der Waals surface area contributed by atoms with Crippen LogP contribution in [0.3, 0.4) is 0 Å². The first-order valence-corrected chi connectivity index (χ1v) is 6.05. The maximum absolute atomic E-state index is 13.6. The average molecular weight is 281 g/mol. The molecule has 0 saturated carbocycles. The lowest BCUT2D eigenvalue weighted by Gasteiger charge is -2.16. The zero-order chi connectivity index (χ0) is 14.7. The quantitative estimate of drug-likeness (QED) is 0.932. The van der Waals surface area contributed by atoms with Crippen molar-refractivity contribution >= 4 is 0 Å². The Hall–Kier alpha value is -2.01. The number of benzene rings is 2. The molecule has 0 aromatic heterocycles. The normalized spacial score (nSPS) is 12.2. The number of hydrogen-bond acceptors (Lipinski definition) is 2. The number of methoxy groups -OCH3 is 1. The van der Waals surface area contributed by atoms with Gasteiger partial charge in [-0.1, -0.05) is 12.1 Å². The van der Waals surface area contributed by atoms with E-state index in [4.69, 9.17) is 10.5 Å². The third kappa shape index (κ3) is 2.93. The molecule has 0 heterocycles. The Morgan fingerprint density at radius 2 is 1.90 bits per heavy atom. The van der Waals surface area contributed by atoms with Crippen molar-refractivity contribution in [3.63, 3.8) is 0 Å². The molecule has 2 aromatic rings. The van der Waals surface area contributed by atoms with Crippen LogP contribution >= 0.6 is 0 Å². The number of rotatable bonds is 4. The Bertz CT molecular complexity index is 616. The molecule has 0 spiro atoms. The zero-order valence-corrected chi connectivity index (χ0v) is 10.9. The van der Waals surface area contributed by atoms with Gasteiger partial charge in [0.05, 0.1) is 7.11 Å². The molecule has 0 amide bonds. The lowest BCUT2D eigenvalue weighted by molar-refractivity contribution is 0.403. The summed E-state index contributed by atoms with van der Waals surface area (Å²) in [7, 11) is 1.44. The summed E-state index contributed by atoms with van der Waals surface area (Å²) in [5.41, 5.74) is 6.51. The standard InChI is InChI=1S/C15H14F3NO/c1-20-14-6-5-10(16)8-11(14)13(19)7-9-3-2-4-12(17)15(9)18/h2-6,8,13H,7,19H2,1H3. The smallest absolute Gasteiger partial charge is 0.162 e. The molecule has 0 aliphatic heterocycles. The van der Waals surface area contributed by atoms with E-state index < -0.39 is 23.5 Å². The first kappa shape index (κ1) is 14.4. The van der Waals surface area contributed by atoms with Gasteiger partial charge in [-0.2, -0.15) is 0 Å². The Balaban J connectivity index is 2.30. The van der Waals surface area contributed by atoms with E-state index in [2.05, 4.69) is 0 Å². The van der Waals surface area contributed by atoms with E-state index in [1.807, 2.05) is 0 Å². The molecule has 0 aliphatic rings. The first-order valence-electron chi connectivity index (χ1n) is 6.05. The van der Waals surface area contributed by atoms with Crippen LogP contribution in [0.2, 0.25) is 0 Å². The van der Waals surface area contributed by atoms with Crippen LogP contribution in [0.15, 0.2) is 36.4 Å². The molecule has 2 nitrogen and oxygen atoms in total. The van der Waals surface area contributed by atoms with E-state index >= 15 is 0 Å². The van der Waals surface area contributed by atoms with E-state index in [0.717, 1.165) is 6.07 Å². The molecule has 5 heteroatoms. The van der Waals surface area contributed by atoms with Gasteiger partial charge in [-0.05, 0) is 36.2 Å². The molecule has 1 unspecified atom stereocenters. The van der Waals surface area contributed by atoms with Crippen molar-refractivity contribution in [3.05, 3.63) is 65.0 Å². The molecule has 20 heavy (non-hydrogen) atoms. The summed E-state index contributed by atoms with van der Waals surface area (Å²) < 4.78 is 45.1. The largest absolute Gasteiger partial charge is 0.496 e. The second kappa shape index (κ2) is 5.96. The average Bonchev–Trinajstić information content (AvgIpc) is 2.43. The zero-order valence-electron chi connectivity index (χ0n) is 10.9. The van der Waals surface area contributed by atoms with Crippen LogP contribution in [0, 0.1) is 17.5 Å². The van der Waals surface area contributed by atoms with Gasteiger partial charge in [0.15, 0.2) is 11.6 Å². The van der Waals surface area contributed by atoms with E-state index in [1.165, 1.54) is 37.4 Å². The fourth-order valence-electron chi connectivity index (χ4n) is 2.05. The van der Waals surface area contributed by atoms with Gasteiger partial charge in [-0.3, -0.25) is 0 Å². The summed E-state index contributed by atoms with van der Waals surface area (Å²) in [5, 5.41) is 0. The van der Waals surface area contributed by atoms with Crippen molar-refractivity contribution in [1.82, 2.24) is 0 Å². The van der Waals surface area contributed by atoms with Crippen LogP contribution in [0.5, 0.6) is 5.75 Å². The number of halogens is 3. The predicted octanol–water partition coefficient (Wildman–Crippen LogP) is 3.36.